The summed E-state index contributed by atoms with van der Waals surface area (Å²) in [4.78, 5) is 31.9. The first-order chi connectivity index (χ1) is 20.8. The molecule has 2 aromatic carbocycles. The molecule has 43 heavy (non-hydrogen) atoms. The minimum Gasteiger partial charge on any atom is -0.588 e. The SMILES string of the molecule is Cc1c(C(=O)O)sc2ccc([S+]([O-])N(CCc3cccs3)c3ccccc3N3CCN(C(=O)c4sccc4Br)CC3)cc12. The molecule has 0 bridgehead atoms. The lowest BCUT2D eigenvalue weighted by molar-refractivity contribution is 0.0700. The van der Waals surface area contributed by atoms with Crippen molar-refractivity contribution in [1.29, 1.82) is 0 Å². The highest BCUT2D eigenvalue weighted by atomic mass is 79.9. The first-order valence-corrected chi connectivity index (χ1v) is 18.1. The first kappa shape index (κ1) is 30.2. The third-order valence-corrected chi connectivity index (χ3v) is 13.0. The summed E-state index contributed by atoms with van der Waals surface area (Å²) >= 11 is 6.30. The normalized spacial score (nSPS) is 14.3. The van der Waals surface area contributed by atoms with Gasteiger partial charge in [0.05, 0.1) is 12.2 Å². The van der Waals surface area contributed by atoms with Crippen LogP contribution in [0.4, 0.5) is 11.4 Å². The predicted molar refractivity (Wildman–Crippen MR) is 182 cm³/mol. The number of aromatic carboxylic acids is 1. The molecule has 1 atom stereocenters. The Kier molecular flexibility index (Phi) is 9.13. The van der Waals surface area contributed by atoms with Crippen LogP contribution < -0.4 is 9.21 Å². The van der Waals surface area contributed by atoms with Gasteiger partial charge in [0.25, 0.3) is 5.91 Å². The minimum absolute atomic E-state index is 0.0404. The Morgan fingerprint density at radius 1 is 1.00 bits per heavy atom. The maximum atomic E-state index is 14.4. The van der Waals surface area contributed by atoms with Gasteiger partial charge in [0.1, 0.15) is 26.8 Å². The maximum Gasteiger partial charge on any atom is 0.346 e. The van der Waals surface area contributed by atoms with Crippen LogP contribution in [-0.2, 0) is 17.8 Å². The van der Waals surface area contributed by atoms with Crippen molar-refractivity contribution in [3.63, 3.8) is 0 Å². The van der Waals surface area contributed by atoms with E-state index in [2.05, 4.69) is 33.0 Å². The number of carbonyl (C=O) groups is 2. The fourth-order valence-corrected chi connectivity index (χ4v) is 9.76. The number of para-hydroxylation sites is 2. The lowest BCUT2D eigenvalue weighted by atomic mass is 10.1. The van der Waals surface area contributed by atoms with Gasteiger partial charge < -0.3 is 19.5 Å². The van der Waals surface area contributed by atoms with E-state index in [-0.39, 0.29) is 5.91 Å². The van der Waals surface area contributed by atoms with E-state index in [1.165, 1.54) is 27.6 Å². The molecule has 1 aliphatic rings. The zero-order valence-electron chi connectivity index (χ0n) is 23.2. The Morgan fingerprint density at radius 3 is 2.49 bits per heavy atom. The topological polar surface area (TPSA) is 87.2 Å². The molecule has 0 saturated carbocycles. The second-order valence-corrected chi connectivity index (χ2v) is 15.3. The van der Waals surface area contributed by atoms with Crippen LogP contribution in [0.3, 0.4) is 0 Å². The summed E-state index contributed by atoms with van der Waals surface area (Å²) in [6.45, 7) is 4.85. The Bertz CT molecular complexity index is 1760. The average molecular weight is 715 g/mol. The summed E-state index contributed by atoms with van der Waals surface area (Å²) in [6, 6.07) is 19.6. The molecular formula is C31H28BrN3O4S4. The zero-order chi connectivity index (χ0) is 30.1. The van der Waals surface area contributed by atoms with Gasteiger partial charge in [0.2, 0.25) is 0 Å². The van der Waals surface area contributed by atoms with Crippen LogP contribution in [-0.4, -0.2) is 59.2 Å². The molecule has 0 aliphatic carbocycles. The number of nitrogens with zero attached hydrogens (tertiary/aromatic N) is 3. The summed E-state index contributed by atoms with van der Waals surface area (Å²) in [7, 11) is 0. The molecule has 0 spiro atoms. The van der Waals surface area contributed by atoms with Crippen molar-refractivity contribution in [3.8, 4) is 0 Å². The number of carboxylic acids is 1. The van der Waals surface area contributed by atoms with Crippen molar-refractivity contribution in [2.45, 2.75) is 18.2 Å². The van der Waals surface area contributed by atoms with E-state index in [0.717, 1.165) is 37.2 Å². The summed E-state index contributed by atoms with van der Waals surface area (Å²) in [5.41, 5.74) is 2.54. The summed E-state index contributed by atoms with van der Waals surface area (Å²) in [5, 5.41) is 14.4. The van der Waals surface area contributed by atoms with E-state index in [1.807, 2.05) is 68.5 Å². The highest BCUT2D eigenvalue weighted by Crippen LogP contribution is 2.37. The highest BCUT2D eigenvalue weighted by Gasteiger charge is 2.30. The monoisotopic (exact) mass is 713 g/mol. The molecule has 222 valence electrons. The van der Waals surface area contributed by atoms with E-state index in [1.54, 1.807) is 18.3 Å². The fraction of sp³-hybridized carbons (Fsp3) is 0.226. The molecule has 0 radical (unpaired) electrons. The lowest BCUT2D eigenvalue weighted by Gasteiger charge is -2.38. The van der Waals surface area contributed by atoms with Crippen molar-refractivity contribution in [3.05, 3.63) is 96.1 Å². The van der Waals surface area contributed by atoms with Crippen molar-refractivity contribution in [1.82, 2.24) is 4.90 Å². The van der Waals surface area contributed by atoms with Gasteiger partial charge in [-0.3, -0.25) is 4.79 Å². The molecule has 5 aromatic rings. The maximum absolute atomic E-state index is 14.4. The van der Waals surface area contributed by atoms with Crippen LogP contribution in [0.1, 0.15) is 29.8 Å². The largest absolute Gasteiger partial charge is 0.588 e. The fourth-order valence-electron chi connectivity index (χ4n) is 5.28. The zero-order valence-corrected chi connectivity index (χ0v) is 28.0. The number of benzene rings is 2. The smallest absolute Gasteiger partial charge is 0.346 e. The molecule has 1 saturated heterocycles. The van der Waals surface area contributed by atoms with Gasteiger partial charge in [-0.2, -0.15) is 4.31 Å². The molecule has 1 amide bonds. The second kappa shape index (κ2) is 13.0. The Labute approximate surface area is 273 Å². The molecule has 1 N–H and O–H groups in total. The molecule has 6 rings (SSSR count). The van der Waals surface area contributed by atoms with Crippen molar-refractivity contribution >= 4 is 94.6 Å². The van der Waals surface area contributed by atoms with E-state index in [0.29, 0.717) is 48.1 Å². The van der Waals surface area contributed by atoms with E-state index in [9.17, 15) is 19.2 Å². The molecule has 1 fully saturated rings. The van der Waals surface area contributed by atoms with Crippen molar-refractivity contribution < 1.29 is 19.2 Å². The van der Waals surface area contributed by atoms with Gasteiger partial charge in [-0.05, 0) is 75.6 Å². The molecule has 4 heterocycles. The van der Waals surface area contributed by atoms with E-state index >= 15 is 0 Å². The number of carbonyl (C=O) groups excluding carboxylic acids is 1. The van der Waals surface area contributed by atoms with Crippen LogP contribution in [0.25, 0.3) is 10.1 Å². The number of rotatable bonds is 9. The van der Waals surface area contributed by atoms with Gasteiger partial charge in [0.15, 0.2) is 4.90 Å². The van der Waals surface area contributed by atoms with Gasteiger partial charge in [-0.25, -0.2) is 4.79 Å². The first-order valence-electron chi connectivity index (χ1n) is 13.7. The van der Waals surface area contributed by atoms with Crippen LogP contribution in [0.2, 0.25) is 0 Å². The van der Waals surface area contributed by atoms with Gasteiger partial charge in [-0.15, -0.1) is 34.0 Å². The molecule has 1 aliphatic heterocycles. The second-order valence-electron chi connectivity index (χ2n) is 10.1. The highest BCUT2D eigenvalue weighted by molar-refractivity contribution is 9.10. The predicted octanol–water partition coefficient (Wildman–Crippen LogP) is 7.53. The third kappa shape index (κ3) is 6.22. The number of thiophene rings is 3. The van der Waals surface area contributed by atoms with Gasteiger partial charge in [-0.1, -0.05) is 18.2 Å². The Balaban J connectivity index is 1.29. The van der Waals surface area contributed by atoms with Crippen LogP contribution in [0.5, 0.6) is 0 Å². The number of hydrogen-bond donors (Lipinski definition) is 1. The van der Waals surface area contributed by atoms with Crippen LogP contribution in [0.15, 0.2) is 80.8 Å². The molecule has 7 nitrogen and oxygen atoms in total. The summed E-state index contributed by atoms with van der Waals surface area (Å²) in [5.74, 6) is -0.906. The number of carboxylic acid groups (broad SMARTS) is 1. The van der Waals surface area contributed by atoms with Crippen molar-refractivity contribution in [2.24, 2.45) is 0 Å². The number of piperazine rings is 1. The number of anilines is 2. The van der Waals surface area contributed by atoms with Crippen molar-refractivity contribution in [2.75, 3.05) is 41.9 Å². The number of halogens is 1. The summed E-state index contributed by atoms with van der Waals surface area (Å²) in [6.07, 6.45) is 0.735. The summed E-state index contributed by atoms with van der Waals surface area (Å²) < 4.78 is 18.0. The number of aryl methyl sites for hydroxylation is 1. The third-order valence-electron chi connectivity index (χ3n) is 7.51. The molecule has 12 heteroatoms. The van der Waals surface area contributed by atoms with Crippen LogP contribution in [0, 0.1) is 6.92 Å². The Hall–Kier alpha value is -2.87. The number of amides is 1. The standard InChI is InChI=1S/C31H28BrN3O4S4/c1-20-23-19-22(8-9-27(23)42-28(20)31(37)38)43(39)35(12-10-21-5-4-17-40-21)26-7-3-2-6-25(26)33-13-15-34(16-14-33)30(36)29-24(32)11-18-41-29/h2-9,11,17-19H,10,12-16H2,1H3,(H,37,38). The number of fused-ring (bicyclic) bond motifs is 1. The van der Waals surface area contributed by atoms with Gasteiger partial charge in [0, 0.05) is 58.1 Å². The molecule has 1 unspecified atom stereocenters. The Morgan fingerprint density at radius 2 is 1.79 bits per heavy atom. The van der Waals surface area contributed by atoms with Crippen LogP contribution >= 0.6 is 49.9 Å². The number of hydrogen-bond acceptors (Lipinski definition) is 8. The lowest BCUT2D eigenvalue weighted by Crippen LogP contribution is -2.49. The van der Waals surface area contributed by atoms with E-state index in [4.69, 9.17) is 0 Å². The van der Waals surface area contributed by atoms with Gasteiger partial charge >= 0.3 is 5.97 Å². The quantitative estimate of drug-likeness (QED) is 0.159. The average Bonchev–Trinajstić information content (AvgIpc) is 3.78. The van der Waals surface area contributed by atoms with E-state index < -0.39 is 17.3 Å². The molecule has 3 aromatic heterocycles. The molecular weight excluding hydrogens is 687 g/mol. The minimum atomic E-state index is -1.55.